The molecule has 2 aromatic carbocycles. The summed E-state index contributed by atoms with van der Waals surface area (Å²) in [5, 5.41) is 3.41. The van der Waals surface area contributed by atoms with Crippen LogP contribution in [0.3, 0.4) is 0 Å². The van der Waals surface area contributed by atoms with Crippen molar-refractivity contribution < 1.29 is 9.53 Å². The molecule has 0 aliphatic rings. The highest BCUT2D eigenvalue weighted by atomic mass is 32.2. The first-order chi connectivity index (χ1) is 16.1. The normalized spacial score (nSPS) is 11.8. The maximum absolute atomic E-state index is 13.3. The number of hydrogen-bond donors (Lipinski definition) is 1. The number of fused-ring (bicyclic) bond motifs is 1. The lowest BCUT2D eigenvalue weighted by atomic mass is 10.2. The summed E-state index contributed by atoms with van der Waals surface area (Å²) in [6.07, 6.45) is 2.17. The molecule has 33 heavy (non-hydrogen) atoms. The van der Waals surface area contributed by atoms with E-state index in [2.05, 4.69) is 15.3 Å². The van der Waals surface area contributed by atoms with Crippen LogP contribution in [0.15, 0.2) is 82.9 Å². The molecule has 0 aliphatic carbocycles. The molecule has 4 rings (SSSR count). The zero-order chi connectivity index (χ0) is 23.2. The minimum atomic E-state index is -0.442. The van der Waals surface area contributed by atoms with Crippen molar-refractivity contribution in [2.24, 2.45) is 0 Å². The molecule has 7 nitrogen and oxygen atoms in total. The Bertz CT molecular complexity index is 1310. The maximum atomic E-state index is 13.3. The zero-order valence-corrected chi connectivity index (χ0v) is 19.2. The van der Waals surface area contributed by atoms with E-state index in [1.165, 1.54) is 11.8 Å². The first-order valence-corrected chi connectivity index (χ1v) is 11.5. The molecule has 0 bridgehead atoms. The number of ether oxygens (including phenoxy) is 1. The van der Waals surface area contributed by atoms with Gasteiger partial charge >= 0.3 is 0 Å². The van der Waals surface area contributed by atoms with E-state index in [4.69, 9.17) is 4.74 Å². The Morgan fingerprint density at radius 3 is 2.55 bits per heavy atom. The SMILES string of the molecule is CC[C@H](Sc1nc2ncccc2c(=O)n1Cc1ccccc1)C(=O)Nc1ccc(OC)cc1. The number of anilines is 1. The van der Waals surface area contributed by atoms with E-state index < -0.39 is 5.25 Å². The van der Waals surface area contributed by atoms with Crippen LogP contribution in [0.5, 0.6) is 5.75 Å². The zero-order valence-electron chi connectivity index (χ0n) is 18.4. The van der Waals surface area contributed by atoms with E-state index in [0.29, 0.717) is 40.6 Å². The van der Waals surface area contributed by atoms with Crippen LogP contribution >= 0.6 is 11.8 Å². The Morgan fingerprint density at radius 2 is 1.85 bits per heavy atom. The van der Waals surface area contributed by atoms with Crippen LogP contribution in [0.4, 0.5) is 5.69 Å². The highest BCUT2D eigenvalue weighted by Gasteiger charge is 2.22. The van der Waals surface area contributed by atoms with Gasteiger partial charge < -0.3 is 10.1 Å². The number of nitrogens with zero attached hydrogens (tertiary/aromatic N) is 3. The van der Waals surface area contributed by atoms with E-state index >= 15 is 0 Å². The lowest BCUT2D eigenvalue weighted by Gasteiger charge is -2.18. The number of hydrogen-bond acceptors (Lipinski definition) is 6. The van der Waals surface area contributed by atoms with Crippen molar-refractivity contribution in [3.63, 3.8) is 0 Å². The smallest absolute Gasteiger partial charge is 0.263 e. The number of methoxy groups -OCH3 is 1. The van der Waals surface area contributed by atoms with Gasteiger partial charge in [-0.3, -0.25) is 14.2 Å². The van der Waals surface area contributed by atoms with Gasteiger partial charge in [-0.1, -0.05) is 49.0 Å². The first-order valence-electron chi connectivity index (χ1n) is 10.6. The molecule has 168 valence electrons. The van der Waals surface area contributed by atoms with E-state index in [1.807, 2.05) is 37.3 Å². The van der Waals surface area contributed by atoms with Crippen LogP contribution in [0, 0.1) is 0 Å². The molecule has 1 N–H and O–H groups in total. The standard InChI is InChI=1S/C25H24N4O3S/c1-3-21(23(30)27-18-11-13-19(32-2)14-12-18)33-25-28-22-20(10-7-15-26-22)24(31)29(25)16-17-8-5-4-6-9-17/h4-15,21H,3,16H2,1-2H3,(H,27,30)/t21-/m0/s1. The molecule has 2 heterocycles. The quantitative estimate of drug-likeness (QED) is 0.311. The molecule has 8 heteroatoms. The molecular weight excluding hydrogens is 436 g/mol. The summed E-state index contributed by atoms with van der Waals surface area (Å²) >= 11 is 1.27. The number of rotatable bonds is 8. The fourth-order valence-corrected chi connectivity index (χ4v) is 4.38. The third kappa shape index (κ3) is 5.23. The van der Waals surface area contributed by atoms with Crippen LogP contribution in [-0.4, -0.2) is 32.8 Å². The van der Waals surface area contributed by atoms with Crippen LogP contribution in [-0.2, 0) is 11.3 Å². The Labute approximate surface area is 195 Å². The fraction of sp³-hybridized carbons (Fsp3) is 0.200. The fourth-order valence-electron chi connectivity index (χ4n) is 3.38. The lowest BCUT2D eigenvalue weighted by Crippen LogP contribution is -2.28. The number of carbonyl (C=O) groups is 1. The average Bonchev–Trinajstić information content (AvgIpc) is 2.85. The number of amides is 1. The maximum Gasteiger partial charge on any atom is 0.263 e. The number of nitrogens with one attached hydrogen (secondary N) is 1. The van der Waals surface area contributed by atoms with Crippen molar-refractivity contribution in [3.8, 4) is 5.75 Å². The van der Waals surface area contributed by atoms with Crippen LogP contribution in [0.1, 0.15) is 18.9 Å². The second-order valence-electron chi connectivity index (χ2n) is 7.38. The molecule has 0 fully saturated rings. The van der Waals surface area contributed by atoms with Gasteiger partial charge in [0.2, 0.25) is 5.91 Å². The summed E-state index contributed by atoms with van der Waals surface area (Å²) in [6.45, 7) is 2.29. The second kappa shape index (κ2) is 10.3. The van der Waals surface area contributed by atoms with Crippen molar-refractivity contribution in [3.05, 3.63) is 88.8 Å². The van der Waals surface area contributed by atoms with Gasteiger partial charge in [-0.2, -0.15) is 0 Å². The molecule has 0 saturated heterocycles. The lowest BCUT2D eigenvalue weighted by molar-refractivity contribution is -0.115. The highest BCUT2D eigenvalue weighted by Crippen LogP contribution is 2.26. The van der Waals surface area contributed by atoms with Gasteiger partial charge in [-0.25, -0.2) is 9.97 Å². The molecule has 4 aromatic rings. The molecule has 0 unspecified atom stereocenters. The molecule has 0 spiro atoms. The van der Waals surface area contributed by atoms with Gasteiger partial charge in [0.05, 0.1) is 24.3 Å². The molecule has 1 atom stereocenters. The van der Waals surface area contributed by atoms with Crippen LogP contribution in [0.25, 0.3) is 11.0 Å². The van der Waals surface area contributed by atoms with Crippen LogP contribution in [0.2, 0.25) is 0 Å². The minimum Gasteiger partial charge on any atom is -0.497 e. The highest BCUT2D eigenvalue weighted by molar-refractivity contribution is 8.00. The van der Waals surface area contributed by atoms with Gasteiger partial charge in [0.1, 0.15) is 5.75 Å². The topological polar surface area (TPSA) is 86.1 Å². The third-order valence-electron chi connectivity index (χ3n) is 5.15. The molecule has 0 radical (unpaired) electrons. The Balaban J connectivity index is 1.65. The Kier molecular flexibility index (Phi) is 7.04. The van der Waals surface area contributed by atoms with E-state index in [0.717, 1.165) is 5.56 Å². The van der Waals surface area contributed by atoms with Crippen molar-refractivity contribution in [2.75, 3.05) is 12.4 Å². The number of carbonyl (C=O) groups excluding carboxylic acids is 1. The molecule has 0 aliphatic heterocycles. The monoisotopic (exact) mass is 460 g/mol. The van der Waals surface area contributed by atoms with E-state index in [-0.39, 0.29) is 11.5 Å². The Hall–Kier alpha value is -3.65. The Morgan fingerprint density at radius 1 is 1.09 bits per heavy atom. The summed E-state index contributed by atoms with van der Waals surface area (Å²) in [5.74, 6) is 0.557. The number of thioether (sulfide) groups is 1. The molecule has 0 saturated carbocycles. The first kappa shape index (κ1) is 22.5. The van der Waals surface area contributed by atoms with Crippen LogP contribution < -0.4 is 15.6 Å². The molecular formula is C25H24N4O3S. The minimum absolute atomic E-state index is 0.158. The van der Waals surface area contributed by atoms with Gasteiger partial charge in [0.15, 0.2) is 10.8 Å². The van der Waals surface area contributed by atoms with Crippen molar-refractivity contribution in [2.45, 2.75) is 30.3 Å². The predicted octanol–water partition coefficient (Wildman–Crippen LogP) is 4.36. The summed E-state index contributed by atoms with van der Waals surface area (Å²) in [7, 11) is 1.59. The third-order valence-corrected chi connectivity index (χ3v) is 6.50. The van der Waals surface area contributed by atoms with Crippen molar-refractivity contribution in [1.29, 1.82) is 0 Å². The van der Waals surface area contributed by atoms with Crippen molar-refractivity contribution in [1.82, 2.24) is 14.5 Å². The van der Waals surface area contributed by atoms with E-state index in [1.54, 1.807) is 54.3 Å². The number of pyridine rings is 1. The molecule has 1 amide bonds. The predicted molar refractivity (Wildman–Crippen MR) is 131 cm³/mol. The summed E-state index contributed by atoms with van der Waals surface area (Å²) in [4.78, 5) is 35.2. The number of benzene rings is 2. The van der Waals surface area contributed by atoms with Gasteiger partial charge in [0.25, 0.3) is 5.56 Å². The van der Waals surface area contributed by atoms with Gasteiger partial charge in [0, 0.05) is 11.9 Å². The largest absolute Gasteiger partial charge is 0.497 e. The van der Waals surface area contributed by atoms with Crippen molar-refractivity contribution >= 4 is 34.4 Å². The summed E-state index contributed by atoms with van der Waals surface area (Å²) in [5.41, 5.74) is 1.85. The molecule has 2 aromatic heterocycles. The number of aromatic nitrogens is 3. The second-order valence-corrected chi connectivity index (χ2v) is 8.55. The summed E-state index contributed by atoms with van der Waals surface area (Å²) < 4.78 is 6.79. The van der Waals surface area contributed by atoms with Gasteiger partial charge in [-0.15, -0.1) is 0 Å². The summed E-state index contributed by atoms with van der Waals surface area (Å²) in [6, 6.07) is 20.3. The average molecular weight is 461 g/mol. The van der Waals surface area contributed by atoms with E-state index in [9.17, 15) is 9.59 Å². The van der Waals surface area contributed by atoms with Gasteiger partial charge in [-0.05, 0) is 48.4 Å².